The number of carbonyl (C=O) groups is 1. The zero-order chi connectivity index (χ0) is 15.6. The predicted octanol–water partition coefficient (Wildman–Crippen LogP) is 1.60. The molecule has 0 unspecified atom stereocenters. The second-order valence-corrected chi connectivity index (χ2v) is 6.15. The maximum absolute atomic E-state index is 12.1. The molecule has 3 aromatic rings. The molecule has 0 aromatic carbocycles. The monoisotopic (exact) mass is 333 g/mol. The lowest BCUT2D eigenvalue weighted by Crippen LogP contribution is -2.26. The van der Waals surface area contributed by atoms with Crippen LogP contribution in [0.5, 0.6) is 0 Å². The number of nitrogens with zero attached hydrogens (tertiary/aromatic N) is 4. The van der Waals surface area contributed by atoms with Crippen molar-refractivity contribution in [2.75, 3.05) is 13.2 Å². The van der Waals surface area contributed by atoms with Crippen molar-refractivity contribution < 1.29 is 14.1 Å². The Morgan fingerprint density at radius 2 is 2.43 bits per heavy atom. The average molecular weight is 333 g/mol. The molecule has 4 heterocycles. The summed E-state index contributed by atoms with van der Waals surface area (Å²) in [7, 11) is 0. The first kappa shape index (κ1) is 14.3. The molecule has 1 aliphatic rings. The van der Waals surface area contributed by atoms with Crippen LogP contribution in [0.4, 0.5) is 0 Å². The van der Waals surface area contributed by atoms with Crippen LogP contribution >= 0.6 is 11.3 Å². The number of imidazole rings is 1. The topological polar surface area (TPSA) is 94.5 Å². The highest BCUT2D eigenvalue weighted by Gasteiger charge is 2.23. The third kappa shape index (κ3) is 2.97. The minimum Gasteiger partial charge on any atom is -0.368 e. The molecule has 0 aliphatic carbocycles. The number of fused-ring (bicyclic) bond motifs is 1. The molecule has 1 amide bonds. The second kappa shape index (κ2) is 6.09. The summed E-state index contributed by atoms with van der Waals surface area (Å²) in [6.45, 7) is 1.16. The van der Waals surface area contributed by atoms with Gasteiger partial charge in [0, 0.05) is 37.3 Å². The first-order valence-electron chi connectivity index (χ1n) is 7.44. The third-order valence-electron chi connectivity index (χ3n) is 3.65. The van der Waals surface area contributed by atoms with Crippen molar-refractivity contribution in [3.63, 3.8) is 0 Å². The molecule has 0 bridgehead atoms. The van der Waals surface area contributed by atoms with E-state index in [-0.39, 0.29) is 12.0 Å². The molecule has 0 saturated carbocycles. The van der Waals surface area contributed by atoms with Crippen LogP contribution in [0.1, 0.15) is 41.1 Å². The summed E-state index contributed by atoms with van der Waals surface area (Å²) in [4.78, 5) is 21.4. The van der Waals surface area contributed by atoms with Gasteiger partial charge in [-0.15, -0.1) is 11.3 Å². The molecule has 1 saturated heterocycles. The van der Waals surface area contributed by atoms with Crippen molar-refractivity contribution in [1.29, 1.82) is 0 Å². The molecule has 1 aliphatic heterocycles. The van der Waals surface area contributed by atoms with Crippen LogP contribution in [0.2, 0.25) is 0 Å². The van der Waals surface area contributed by atoms with Crippen LogP contribution in [0.15, 0.2) is 22.3 Å². The number of rotatable bonds is 5. The van der Waals surface area contributed by atoms with E-state index in [0.29, 0.717) is 30.4 Å². The van der Waals surface area contributed by atoms with Crippen LogP contribution in [0.3, 0.4) is 0 Å². The summed E-state index contributed by atoms with van der Waals surface area (Å²) in [5, 5.41) is 8.66. The smallest absolute Gasteiger partial charge is 0.271 e. The fourth-order valence-corrected chi connectivity index (χ4v) is 3.19. The molecule has 23 heavy (non-hydrogen) atoms. The van der Waals surface area contributed by atoms with E-state index in [4.69, 9.17) is 9.26 Å². The molecular weight excluding hydrogens is 318 g/mol. The summed E-state index contributed by atoms with van der Waals surface area (Å²) < 4.78 is 12.5. The van der Waals surface area contributed by atoms with Crippen molar-refractivity contribution in [2.24, 2.45) is 0 Å². The summed E-state index contributed by atoms with van der Waals surface area (Å²) in [5.41, 5.74) is 0.407. The van der Waals surface area contributed by atoms with Gasteiger partial charge in [-0.25, -0.2) is 4.98 Å². The van der Waals surface area contributed by atoms with Crippen molar-refractivity contribution in [2.45, 2.75) is 25.4 Å². The highest BCUT2D eigenvalue weighted by molar-refractivity contribution is 7.15. The Bertz CT molecular complexity index is 789. The molecule has 0 spiro atoms. The molecule has 1 atom stereocenters. The molecule has 4 rings (SSSR count). The Balaban J connectivity index is 1.31. The molecule has 8 nitrogen and oxygen atoms in total. The van der Waals surface area contributed by atoms with Crippen molar-refractivity contribution in [3.8, 4) is 0 Å². The quantitative estimate of drug-likeness (QED) is 0.762. The van der Waals surface area contributed by atoms with E-state index in [1.165, 1.54) is 11.3 Å². The van der Waals surface area contributed by atoms with E-state index in [9.17, 15) is 4.79 Å². The van der Waals surface area contributed by atoms with E-state index in [1.807, 2.05) is 16.0 Å². The van der Waals surface area contributed by atoms with Crippen molar-refractivity contribution >= 4 is 22.2 Å². The number of carbonyl (C=O) groups excluding carboxylic acids is 1. The minimum atomic E-state index is -0.205. The number of ether oxygens (including phenoxy) is 1. The highest BCUT2D eigenvalue weighted by Crippen LogP contribution is 2.26. The Hall–Kier alpha value is -2.26. The van der Waals surface area contributed by atoms with Gasteiger partial charge in [0.2, 0.25) is 0 Å². The first-order valence-corrected chi connectivity index (χ1v) is 8.32. The maximum atomic E-state index is 12.1. The summed E-state index contributed by atoms with van der Waals surface area (Å²) in [6.07, 6.45) is 5.94. The van der Waals surface area contributed by atoms with Gasteiger partial charge < -0.3 is 14.6 Å². The molecule has 1 N–H and O–H groups in total. The van der Waals surface area contributed by atoms with Gasteiger partial charge in [0.05, 0.1) is 0 Å². The predicted molar refractivity (Wildman–Crippen MR) is 81.3 cm³/mol. The highest BCUT2D eigenvalue weighted by atomic mass is 32.1. The summed E-state index contributed by atoms with van der Waals surface area (Å²) >= 11 is 1.49. The van der Waals surface area contributed by atoms with Crippen LogP contribution in [-0.4, -0.2) is 38.6 Å². The van der Waals surface area contributed by atoms with Crippen LogP contribution in [0, 0.1) is 0 Å². The van der Waals surface area contributed by atoms with E-state index in [0.717, 1.165) is 24.4 Å². The maximum Gasteiger partial charge on any atom is 0.271 e. The number of amides is 1. The molecule has 9 heteroatoms. The lowest BCUT2D eigenvalue weighted by atomic mass is 10.2. The Kier molecular flexibility index (Phi) is 3.80. The van der Waals surface area contributed by atoms with Crippen molar-refractivity contribution in [1.82, 2.24) is 24.8 Å². The standard InChI is InChI=1S/C14H15N5O3S/c20-12(9-8-19-5-7-23-14(19)16-9)15-4-3-11-17-13(22-18-11)10-2-1-6-21-10/h5,7-8,10H,1-4,6H2,(H,15,20)/t10-/m1/s1. The number of aromatic nitrogens is 4. The zero-order valence-electron chi connectivity index (χ0n) is 12.3. The van der Waals surface area contributed by atoms with E-state index in [1.54, 1.807) is 6.20 Å². The van der Waals surface area contributed by atoms with Crippen LogP contribution < -0.4 is 5.32 Å². The Labute approximate surface area is 135 Å². The lowest BCUT2D eigenvalue weighted by molar-refractivity contribution is 0.0835. The normalized spacial score (nSPS) is 17.8. The van der Waals surface area contributed by atoms with E-state index < -0.39 is 0 Å². The number of thiazole rings is 1. The molecule has 0 radical (unpaired) electrons. The van der Waals surface area contributed by atoms with Gasteiger partial charge in [-0.2, -0.15) is 4.98 Å². The van der Waals surface area contributed by atoms with Gasteiger partial charge in [-0.3, -0.25) is 9.20 Å². The SMILES string of the molecule is O=C(NCCc1noc([C@H]2CCCO2)n1)c1cn2ccsc2n1. The largest absolute Gasteiger partial charge is 0.368 e. The molecular formula is C14H15N5O3S. The molecule has 120 valence electrons. The van der Waals surface area contributed by atoms with Crippen molar-refractivity contribution in [3.05, 3.63) is 35.2 Å². The van der Waals surface area contributed by atoms with Gasteiger partial charge in [-0.1, -0.05) is 5.16 Å². The van der Waals surface area contributed by atoms with Gasteiger partial charge in [0.25, 0.3) is 11.8 Å². The fraction of sp³-hybridized carbons (Fsp3) is 0.429. The fourth-order valence-electron chi connectivity index (χ4n) is 2.49. The number of hydrogen-bond acceptors (Lipinski definition) is 7. The van der Waals surface area contributed by atoms with Gasteiger partial charge in [0.1, 0.15) is 11.8 Å². The summed E-state index contributed by atoms with van der Waals surface area (Å²) in [5.74, 6) is 0.892. The van der Waals surface area contributed by atoms with Crippen LogP contribution in [-0.2, 0) is 11.2 Å². The Morgan fingerprint density at radius 1 is 1.48 bits per heavy atom. The number of nitrogens with one attached hydrogen (secondary N) is 1. The van der Waals surface area contributed by atoms with Gasteiger partial charge in [-0.05, 0) is 12.8 Å². The summed E-state index contributed by atoms with van der Waals surface area (Å²) in [6, 6.07) is 0. The average Bonchev–Trinajstić information content (AvgIpc) is 3.29. The van der Waals surface area contributed by atoms with Gasteiger partial charge >= 0.3 is 0 Å². The Morgan fingerprint density at radius 3 is 3.26 bits per heavy atom. The zero-order valence-corrected chi connectivity index (χ0v) is 13.1. The molecule has 1 fully saturated rings. The van der Waals surface area contributed by atoms with E-state index >= 15 is 0 Å². The van der Waals surface area contributed by atoms with Gasteiger partial charge in [0.15, 0.2) is 10.8 Å². The minimum absolute atomic E-state index is 0.0793. The van der Waals surface area contributed by atoms with Crippen LogP contribution in [0.25, 0.3) is 4.96 Å². The lowest BCUT2D eigenvalue weighted by Gasteiger charge is -2.01. The second-order valence-electron chi connectivity index (χ2n) is 5.28. The first-order chi connectivity index (χ1) is 11.3. The number of hydrogen-bond donors (Lipinski definition) is 1. The van der Waals surface area contributed by atoms with E-state index in [2.05, 4.69) is 20.4 Å². The molecule has 3 aromatic heterocycles. The third-order valence-corrected chi connectivity index (χ3v) is 4.42.